The number of benzene rings is 1. The number of halogens is 1. The van der Waals surface area contributed by atoms with E-state index in [9.17, 15) is 0 Å². The molecular formula is C15H18ClNO2. The van der Waals surface area contributed by atoms with Crippen LogP contribution in [0.2, 0.25) is 0 Å². The van der Waals surface area contributed by atoms with Gasteiger partial charge in [-0.2, -0.15) is 0 Å². The lowest BCUT2D eigenvalue weighted by molar-refractivity contribution is 0.174. The predicted octanol–water partition coefficient (Wildman–Crippen LogP) is 3.99. The molecule has 1 aliphatic heterocycles. The first-order valence-corrected chi connectivity index (χ1v) is 6.16. The number of rotatable bonds is 0. The van der Waals surface area contributed by atoms with Crippen molar-refractivity contribution in [1.29, 1.82) is 0 Å². The summed E-state index contributed by atoms with van der Waals surface area (Å²) < 4.78 is 10.9. The average Bonchev–Trinajstić information content (AvgIpc) is 2.70. The molecule has 0 spiro atoms. The van der Waals surface area contributed by atoms with Crippen LogP contribution in [0, 0.1) is 6.92 Å². The van der Waals surface area contributed by atoms with Crippen LogP contribution in [0.5, 0.6) is 11.5 Å². The Bertz CT molecular complexity index is 632. The van der Waals surface area contributed by atoms with Crippen LogP contribution in [-0.2, 0) is 5.41 Å². The maximum absolute atomic E-state index is 5.45. The monoisotopic (exact) mass is 279 g/mol. The zero-order valence-corrected chi connectivity index (χ0v) is 12.4. The molecule has 0 N–H and O–H groups in total. The number of aryl methyl sites for hydroxylation is 1. The van der Waals surface area contributed by atoms with Crippen LogP contribution in [0.1, 0.15) is 32.2 Å². The molecule has 0 bridgehead atoms. The summed E-state index contributed by atoms with van der Waals surface area (Å²) in [7, 11) is 0. The molecule has 2 heterocycles. The standard InChI is InChI=1S/C15H17NO2.ClH/c1-9-5-10-6-12-13(18-8-17-12)7-11(10)14(16-9)15(2,3)4;/h5-7H,8H2,1-4H3;1H. The van der Waals surface area contributed by atoms with Crippen molar-refractivity contribution in [2.75, 3.05) is 6.79 Å². The van der Waals surface area contributed by atoms with Gasteiger partial charge in [0.25, 0.3) is 0 Å². The summed E-state index contributed by atoms with van der Waals surface area (Å²) in [5.41, 5.74) is 2.15. The van der Waals surface area contributed by atoms with Crippen molar-refractivity contribution in [2.24, 2.45) is 0 Å². The molecule has 1 aromatic carbocycles. The topological polar surface area (TPSA) is 31.4 Å². The summed E-state index contributed by atoms with van der Waals surface area (Å²) in [5, 5.41) is 2.31. The van der Waals surface area contributed by atoms with E-state index in [1.54, 1.807) is 0 Å². The summed E-state index contributed by atoms with van der Waals surface area (Å²) in [5.74, 6) is 1.65. The number of hydrogen-bond donors (Lipinski definition) is 0. The van der Waals surface area contributed by atoms with Gasteiger partial charge in [-0.3, -0.25) is 4.98 Å². The fourth-order valence-corrected chi connectivity index (χ4v) is 2.35. The van der Waals surface area contributed by atoms with E-state index >= 15 is 0 Å². The molecule has 3 rings (SSSR count). The average molecular weight is 280 g/mol. The van der Waals surface area contributed by atoms with E-state index in [-0.39, 0.29) is 17.8 Å². The number of ether oxygens (including phenoxy) is 2. The third-order valence-corrected chi connectivity index (χ3v) is 3.16. The number of pyridine rings is 1. The van der Waals surface area contributed by atoms with Gasteiger partial charge in [-0.1, -0.05) is 20.8 Å². The van der Waals surface area contributed by atoms with Gasteiger partial charge in [0.15, 0.2) is 11.5 Å². The van der Waals surface area contributed by atoms with Crippen LogP contribution in [-0.4, -0.2) is 11.8 Å². The Kier molecular flexibility index (Phi) is 3.35. The van der Waals surface area contributed by atoms with E-state index in [4.69, 9.17) is 14.5 Å². The molecule has 102 valence electrons. The number of aromatic nitrogens is 1. The highest BCUT2D eigenvalue weighted by Gasteiger charge is 2.22. The second kappa shape index (κ2) is 4.57. The van der Waals surface area contributed by atoms with Crippen LogP contribution in [0.4, 0.5) is 0 Å². The summed E-state index contributed by atoms with van der Waals surface area (Å²) in [6.45, 7) is 8.87. The first kappa shape index (κ1) is 13.9. The SMILES string of the molecule is Cc1cc2cc3c(cc2c(C(C)(C)C)n1)OCO3.Cl. The molecule has 0 saturated heterocycles. The van der Waals surface area contributed by atoms with Gasteiger partial charge < -0.3 is 9.47 Å². The van der Waals surface area contributed by atoms with Gasteiger partial charge in [0, 0.05) is 16.5 Å². The second-order valence-corrected chi connectivity index (χ2v) is 5.79. The lowest BCUT2D eigenvalue weighted by atomic mass is 9.88. The number of fused-ring (bicyclic) bond motifs is 2. The summed E-state index contributed by atoms with van der Waals surface area (Å²) >= 11 is 0. The molecule has 4 heteroatoms. The van der Waals surface area contributed by atoms with Crippen molar-refractivity contribution in [3.8, 4) is 11.5 Å². The van der Waals surface area contributed by atoms with E-state index in [2.05, 4.69) is 26.8 Å². The molecule has 0 radical (unpaired) electrons. The van der Waals surface area contributed by atoms with E-state index in [1.165, 1.54) is 0 Å². The Hall–Kier alpha value is -1.48. The fraction of sp³-hybridized carbons (Fsp3) is 0.400. The highest BCUT2D eigenvalue weighted by Crippen LogP contribution is 2.39. The maximum Gasteiger partial charge on any atom is 0.231 e. The Morgan fingerprint density at radius 3 is 2.32 bits per heavy atom. The van der Waals surface area contributed by atoms with Crippen molar-refractivity contribution >= 4 is 23.2 Å². The van der Waals surface area contributed by atoms with E-state index < -0.39 is 0 Å². The largest absolute Gasteiger partial charge is 0.454 e. The number of nitrogens with zero attached hydrogens (tertiary/aromatic N) is 1. The van der Waals surface area contributed by atoms with Crippen LogP contribution < -0.4 is 9.47 Å². The molecular weight excluding hydrogens is 262 g/mol. The van der Waals surface area contributed by atoms with E-state index in [0.29, 0.717) is 6.79 Å². The first-order valence-electron chi connectivity index (χ1n) is 6.16. The molecule has 3 nitrogen and oxygen atoms in total. The lowest BCUT2D eigenvalue weighted by Crippen LogP contribution is -2.14. The zero-order valence-electron chi connectivity index (χ0n) is 11.6. The van der Waals surface area contributed by atoms with Crippen LogP contribution in [0.15, 0.2) is 18.2 Å². The highest BCUT2D eigenvalue weighted by atomic mass is 35.5. The van der Waals surface area contributed by atoms with Gasteiger partial charge in [-0.25, -0.2) is 0 Å². The quantitative estimate of drug-likeness (QED) is 0.731. The van der Waals surface area contributed by atoms with Crippen molar-refractivity contribution < 1.29 is 9.47 Å². The minimum atomic E-state index is 0. The predicted molar refractivity (Wildman–Crippen MR) is 78.6 cm³/mol. The van der Waals surface area contributed by atoms with Crippen molar-refractivity contribution in [3.63, 3.8) is 0 Å². The molecule has 2 aromatic rings. The minimum Gasteiger partial charge on any atom is -0.454 e. The highest BCUT2D eigenvalue weighted by molar-refractivity contribution is 5.89. The third kappa shape index (κ3) is 2.35. The number of hydrogen-bond acceptors (Lipinski definition) is 3. The van der Waals surface area contributed by atoms with E-state index in [0.717, 1.165) is 33.7 Å². The summed E-state index contributed by atoms with van der Waals surface area (Å²) in [6, 6.07) is 6.18. The molecule has 0 aliphatic carbocycles. The first-order chi connectivity index (χ1) is 8.45. The Morgan fingerprint density at radius 2 is 1.68 bits per heavy atom. The molecule has 0 unspecified atom stereocenters. The fourth-order valence-electron chi connectivity index (χ4n) is 2.35. The van der Waals surface area contributed by atoms with Gasteiger partial charge in [-0.15, -0.1) is 12.4 Å². The maximum atomic E-state index is 5.45. The summed E-state index contributed by atoms with van der Waals surface area (Å²) in [6.07, 6.45) is 0. The van der Waals surface area contributed by atoms with Gasteiger partial charge in [-0.05, 0) is 30.5 Å². The van der Waals surface area contributed by atoms with E-state index in [1.807, 2.05) is 19.1 Å². The second-order valence-electron chi connectivity index (χ2n) is 5.79. The Balaban J connectivity index is 0.00000133. The Labute approximate surface area is 119 Å². The molecule has 1 aliphatic rings. The van der Waals surface area contributed by atoms with Crippen LogP contribution >= 0.6 is 12.4 Å². The van der Waals surface area contributed by atoms with Crippen LogP contribution in [0.25, 0.3) is 10.8 Å². The van der Waals surface area contributed by atoms with Crippen LogP contribution in [0.3, 0.4) is 0 Å². The molecule has 19 heavy (non-hydrogen) atoms. The molecule has 1 aromatic heterocycles. The van der Waals surface area contributed by atoms with Crippen molar-refractivity contribution in [1.82, 2.24) is 4.98 Å². The van der Waals surface area contributed by atoms with Gasteiger partial charge in [0.2, 0.25) is 6.79 Å². The van der Waals surface area contributed by atoms with Gasteiger partial charge in [0.1, 0.15) is 0 Å². The molecule has 0 atom stereocenters. The van der Waals surface area contributed by atoms with Gasteiger partial charge in [0.05, 0.1) is 5.69 Å². The minimum absolute atomic E-state index is 0. The summed E-state index contributed by atoms with van der Waals surface area (Å²) in [4.78, 5) is 4.70. The Morgan fingerprint density at radius 1 is 1.05 bits per heavy atom. The van der Waals surface area contributed by atoms with Crippen molar-refractivity contribution in [2.45, 2.75) is 33.1 Å². The molecule has 0 fully saturated rings. The smallest absolute Gasteiger partial charge is 0.231 e. The lowest BCUT2D eigenvalue weighted by Gasteiger charge is -2.21. The van der Waals surface area contributed by atoms with Crippen molar-refractivity contribution in [3.05, 3.63) is 29.6 Å². The normalized spacial score (nSPS) is 13.5. The molecule has 0 saturated carbocycles. The third-order valence-electron chi connectivity index (χ3n) is 3.16. The zero-order chi connectivity index (χ0) is 12.9. The van der Waals surface area contributed by atoms with Gasteiger partial charge >= 0.3 is 0 Å². The molecule has 0 amide bonds.